The van der Waals surface area contributed by atoms with Gasteiger partial charge in [0.25, 0.3) is 10.0 Å². The van der Waals surface area contributed by atoms with Crippen molar-refractivity contribution in [2.75, 3.05) is 4.72 Å². The van der Waals surface area contributed by atoms with Gasteiger partial charge in [0, 0.05) is 22.3 Å². The number of anilines is 1. The van der Waals surface area contributed by atoms with Crippen LogP contribution in [0.25, 0.3) is 28.4 Å². The molecule has 0 unspecified atom stereocenters. The monoisotopic (exact) mass is 462 g/mol. The highest BCUT2D eigenvalue weighted by atomic mass is 32.2. The number of benzene rings is 1. The largest absolute Gasteiger partial charge is 0.279 e. The third kappa shape index (κ3) is 3.85. The standard InChI is InChI=1S/C22H18N6O2S2/c1-2-17-10-13-21(31-17)32(29,30)27-16-8-6-15(7-9-16)18-11-12-20-24-25-22(28(20)26-18)19-5-3-4-14-23-19/h3-14,27H,2H2,1H3. The van der Waals surface area contributed by atoms with Gasteiger partial charge in [0.2, 0.25) is 5.82 Å². The molecule has 0 fully saturated rings. The number of aryl methyl sites for hydroxylation is 1. The number of rotatable bonds is 6. The Morgan fingerprint density at radius 2 is 1.78 bits per heavy atom. The van der Waals surface area contributed by atoms with Gasteiger partial charge in [-0.15, -0.1) is 21.5 Å². The number of pyridine rings is 1. The summed E-state index contributed by atoms with van der Waals surface area (Å²) in [7, 11) is -3.61. The summed E-state index contributed by atoms with van der Waals surface area (Å²) < 4.78 is 29.9. The molecule has 0 radical (unpaired) electrons. The molecule has 8 nitrogen and oxygen atoms in total. The number of fused-ring (bicyclic) bond motifs is 1. The SMILES string of the molecule is CCc1ccc(S(=O)(=O)Nc2ccc(-c3ccc4nnc(-c5ccccn5)n4n3)cc2)s1. The molecule has 5 rings (SSSR count). The highest BCUT2D eigenvalue weighted by Crippen LogP contribution is 2.26. The molecule has 0 aliphatic carbocycles. The average molecular weight is 463 g/mol. The van der Waals surface area contributed by atoms with Crippen molar-refractivity contribution in [2.24, 2.45) is 0 Å². The van der Waals surface area contributed by atoms with Crippen LogP contribution < -0.4 is 4.72 Å². The smallest absolute Gasteiger partial charge is 0.271 e. The number of nitrogens with one attached hydrogen (secondary N) is 1. The van der Waals surface area contributed by atoms with Gasteiger partial charge in [0.15, 0.2) is 5.65 Å². The zero-order chi connectivity index (χ0) is 22.1. The third-order valence-corrected chi connectivity index (χ3v) is 7.94. The summed E-state index contributed by atoms with van der Waals surface area (Å²) in [5.41, 5.74) is 3.31. The third-order valence-electron chi connectivity index (χ3n) is 4.84. The Bertz CT molecular complexity index is 1490. The van der Waals surface area contributed by atoms with Crippen LogP contribution in [-0.4, -0.2) is 33.2 Å². The molecule has 0 atom stereocenters. The van der Waals surface area contributed by atoms with E-state index in [1.165, 1.54) is 11.3 Å². The molecule has 0 bridgehead atoms. The van der Waals surface area contributed by atoms with Crippen molar-refractivity contribution in [2.45, 2.75) is 17.6 Å². The lowest BCUT2D eigenvalue weighted by molar-refractivity contribution is 0.603. The van der Waals surface area contributed by atoms with Crippen LogP contribution in [0.2, 0.25) is 0 Å². The second-order valence-corrected chi connectivity index (χ2v) is 10.1. The van der Waals surface area contributed by atoms with Gasteiger partial charge < -0.3 is 0 Å². The Morgan fingerprint density at radius 3 is 2.50 bits per heavy atom. The van der Waals surface area contributed by atoms with Crippen molar-refractivity contribution < 1.29 is 8.42 Å². The Kier molecular flexibility index (Phi) is 5.16. The summed E-state index contributed by atoms with van der Waals surface area (Å²) in [4.78, 5) is 5.35. The predicted octanol–water partition coefficient (Wildman–Crippen LogP) is 4.28. The molecule has 0 saturated heterocycles. The summed E-state index contributed by atoms with van der Waals surface area (Å²) in [6.07, 6.45) is 2.50. The van der Waals surface area contributed by atoms with Gasteiger partial charge in [-0.3, -0.25) is 9.71 Å². The number of thiophene rings is 1. The number of aromatic nitrogens is 5. The molecule has 0 aliphatic heterocycles. The molecule has 0 aliphatic rings. The van der Waals surface area contributed by atoms with Gasteiger partial charge in [0.05, 0.1) is 5.69 Å². The molecule has 4 aromatic heterocycles. The Morgan fingerprint density at radius 1 is 0.938 bits per heavy atom. The van der Waals surface area contributed by atoms with Crippen molar-refractivity contribution in [1.82, 2.24) is 24.8 Å². The fraction of sp³-hybridized carbons (Fsp3) is 0.0909. The summed E-state index contributed by atoms with van der Waals surface area (Å²) in [6, 6.07) is 19.8. The summed E-state index contributed by atoms with van der Waals surface area (Å²) in [5, 5.41) is 13.0. The zero-order valence-corrected chi connectivity index (χ0v) is 18.6. The minimum atomic E-state index is -3.61. The molecule has 0 spiro atoms. The quantitative estimate of drug-likeness (QED) is 0.404. The Hall–Kier alpha value is -3.63. The minimum absolute atomic E-state index is 0.306. The van der Waals surface area contributed by atoms with Crippen LogP contribution in [0.15, 0.2) is 77.1 Å². The van der Waals surface area contributed by atoms with Crippen LogP contribution in [0, 0.1) is 0 Å². The van der Waals surface area contributed by atoms with Crippen LogP contribution in [0.1, 0.15) is 11.8 Å². The number of sulfonamides is 1. The van der Waals surface area contributed by atoms with Gasteiger partial charge in [-0.25, -0.2) is 8.42 Å². The molecule has 160 valence electrons. The second kappa shape index (κ2) is 8.13. The van der Waals surface area contributed by atoms with E-state index in [9.17, 15) is 8.42 Å². The topological polar surface area (TPSA) is 102 Å². The fourth-order valence-electron chi connectivity index (χ4n) is 3.20. The molecule has 0 amide bonds. The van der Waals surface area contributed by atoms with E-state index in [2.05, 4.69) is 25.0 Å². The molecule has 1 N–H and O–H groups in total. The summed E-state index contributed by atoms with van der Waals surface area (Å²) in [6.45, 7) is 2.00. The number of nitrogens with zero attached hydrogens (tertiary/aromatic N) is 5. The van der Waals surface area contributed by atoms with Crippen molar-refractivity contribution in [3.8, 4) is 22.8 Å². The van der Waals surface area contributed by atoms with E-state index in [0.29, 0.717) is 32.8 Å². The van der Waals surface area contributed by atoms with Gasteiger partial charge in [-0.05, 0) is 55.0 Å². The van der Waals surface area contributed by atoms with Crippen LogP contribution in [0.4, 0.5) is 5.69 Å². The van der Waals surface area contributed by atoms with E-state index in [0.717, 1.165) is 16.9 Å². The number of hydrogen-bond donors (Lipinski definition) is 1. The van der Waals surface area contributed by atoms with Gasteiger partial charge >= 0.3 is 0 Å². The van der Waals surface area contributed by atoms with Crippen LogP contribution in [-0.2, 0) is 16.4 Å². The van der Waals surface area contributed by atoms with Crippen LogP contribution in [0.3, 0.4) is 0 Å². The van der Waals surface area contributed by atoms with E-state index in [1.54, 1.807) is 28.9 Å². The van der Waals surface area contributed by atoms with E-state index < -0.39 is 10.0 Å². The number of hydrogen-bond acceptors (Lipinski definition) is 7. The zero-order valence-electron chi connectivity index (χ0n) is 17.0. The lowest BCUT2D eigenvalue weighted by Gasteiger charge is -2.08. The maximum Gasteiger partial charge on any atom is 0.271 e. The molecule has 32 heavy (non-hydrogen) atoms. The molecular weight excluding hydrogens is 444 g/mol. The maximum atomic E-state index is 12.6. The summed E-state index contributed by atoms with van der Waals surface area (Å²) >= 11 is 1.28. The van der Waals surface area contributed by atoms with Crippen LogP contribution in [0.5, 0.6) is 0 Å². The second-order valence-electron chi connectivity index (χ2n) is 6.98. The predicted molar refractivity (Wildman–Crippen MR) is 124 cm³/mol. The van der Waals surface area contributed by atoms with Crippen molar-refractivity contribution in [3.05, 3.63) is 77.8 Å². The normalized spacial score (nSPS) is 11.7. The lowest BCUT2D eigenvalue weighted by Crippen LogP contribution is -2.11. The maximum absolute atomic E-state index is 12.6. The first-order valence-corrected chi connectivity index (χ1v) is 12.2. The Labute approximate surface area is 188 Å². The molecule has 10 heteroatoms. The first-order chi connectivity index (χ1) is 15.5. The van der Waals surface area contributed by atoms with Gasteiger partial charge in [-0.2, -0.15) is 9.61 Å². The molecule has 5 aromatic rings. The average Bonchev–Trinajstić information content (AvgIpc) is 3.47. The van der Waals surface area contributed by atoms with E-state index in [4.69, 9.17) is 0 Å². The summed E-state index contributed by atoms with van der Waals surface area (Å²) in [5.74, 6) is 0.550. The van der Waals surface area contributed by atoms with E-state index in [1.807, 2.05) is 55.5 Å². The van der Waals surface area contributed by atoms with Crippen molar-refractivity contribution in [1.29, 1.82) is 0 Å². The van der Waals surface area contributed by atoms with E-state index >= 15 is 0 Å². The molecule has 0 saturated carbocycles. The molecule has 1 aromatic carbocycles. The molecular formula is C22H18N6O2S2. The van der Waals surface area contributed by atoms with Crippen molar-refractivity contribution >= 4 is 32.7 Å². The highest BCUT2D eigenvalue weighted by Gasteiger charge is 2.17. The van der Waals surface area contributed by atoms with Crippen LogP contribution >= 0.6 is 11.3 Å². The fourth-order valence-corrected chi connectivity index (χ4v) is 5.56. The van der Waals surface area contributed by atoms with E-state index in [-0.39, 0.29) is 0 Å². The first kappa shape index (κ1) is 20.3. The van der Waals surface area contributed by atoms with Gasteiger partial charge in [0.1, 0.15) is 9.90 Å². The van der Waals surface area contributed by atoms with Gasteiger partial charge in [-0.1, -0.05) is 25.1 Å². The van der Waals surface area contributed by atoms with Crippen molar-refractivity contribution in [3.63, 3.8) is 0 Å². The first-order valence-electron chi connectivity index (χ1n) is 9.89. The Balaban J connectivity index is 1.42. The highest BCUT2D eigenvalue weighted by molar-refractivity contribution is 7.94. The lowest BCUT2D eigenvalue weighted by atomic mass is 10.1. The molecule has 4 heterocycles. The minimum Gasteiger partial charge on any atom is -0.279 e.